The van der Waals surface area contributed by atoms with Crippen molar-refractivity contribution in [2.24, 2.45) is 4.99 Å². The molecule has 3 atom stereocenters. The number of ether oxygens (including phenoxy) is 1. The summed E-state index contributed by atoms with van der Waals surface area (Å²) in [7, 11) is 0. The van der Waals surface area contributed by atoms with Crippen molar-refractivity contribution in [2.45, 2.75) is 24.5 Å². The Morgan fingerprint density at radius 1 is 0.741 bits per heavy atom. The van der Waals surface area contributed by atoms with Gasteiger partial charge in [0.2, 0.25) is 0 Å². The molecule has 0 N–H and O–H groups in total. The monoisotopic (exact) mass is 349 g/mol. The van der Waals surface area contributed by atoms with Crippen LogP contribution >= 0.6 is 0 Å². The van der Waals surface area contributed by atoms with Gasteiger partial charge in [-0.3, -0.25) is 0 Å². The lowest BCUT2D eigenvalue weighted by Gasteiger charge is -2.32. The first-order valence-corrected chi connectivity index (χ1v) is 9.56. The number of para-hydroxylation sites is 1. The zero-order valence-electron chi connectivity index (χ0n) is 14.9. The molecule has 3 aliphatic rings. The minimum Gasteiger partial charge on any atom is -0.364 e. The number of hydrogen-bond acceptors (Lipinski definition) is 2. The van der Waals surface area contributed by atoms with Gasteiger partial charge in [0, 0.05) is 11.5 Å². The van der Waals surface area contributed by atoms with Gasteiger partial charge < -0.3 is 4.74 Å². The summed E-state index contributed by atoms with van der Waals surface area (Å²) in [5.74, 6) is 0.228. The van der Waals surface area contributed by atoms with Crippen molar-refractivity contribution in [2.75, 3.05) is 0 Å². The van der Waals surface area contributed by atoms with Crippen LogP contribution in [0.15, 0.2) is 95.5 Å². The second-order valence-electron chi connectivity index (χ2n) is 7.50. The van der Waals surface area contributed by atoms with E-state index < -0.39 is 0 Å². The highest BCUT2D eigenvalue weighted by atomic mass is 16.5. The number of fused-ring (bicyclic) bond motifs is 9. The van der Waals surface area contributed by atoms with E-state index in [0.29, 0.717) is 0 Å². The maximum Gasteiger partial charge on any atom is 0.0943 e. The van der Waals surface area contributed by atoms with Crippen molar-refractivity contribution in [3.8, 4) is 0 Å². The summed E-state index contributed by atoms with van der Waals surface area (Å²) in [5, 5.41) is 0. The highest BCUT2D eigenvalue weighted by Gasteiger charge is 2.45. The Kier molecular flexibility index (Phi) is 3.23. The SMILES string of the molecule is C1=C2C[C@H]3O[C@H](c4ccccc43)[C@H]2c2ccccc2N=C1c1ccccc1. The molecule has 3 aromatic rings. The van der Waals surface area contributed by atoms with Gasteiger partial charge in [0.15, 0.2) is 0 Å². The summed E-state index contributed by atoms with van der Waals surface area (Å²) in [5.41, 5.74) is 8.66. The highest BCUT2D eigenvalue weighted by Crippen LogP contribution is 2.58. The minimum atomic E-state index is 0.0812. The lowest BCUT2D eigenvalue weighted by atomic mass is 9.81. The molecule has 6 rings (SSSR count). The summed E-state index contributed by atoms with van der Waals surface area (Å²) in [6.45, 7) is 0. The number of rotatable bonds is 1. The molecule has 2 bridgehead atoms. The van der Waals surface area contributed by atoms with Gasteiger partial charge in [0.05, 0.1) is 23.6 Å². The summed E-state index contributed by atoms with van der Waals surface area (Å²) in [6, 6.07) is 27.7. The van der Waals surface area contributed by atoms with Gasteiger partial charge in [-0.2, -0.15) is 0 Å². The smallest absolute Gasteiger partial charge is 0.0943 e. The number of allylic oxidation sites excluding steroid dienone is 1. The topological polar surface area (TPSA) is 21.6 Å². The van der Waals surface area contributed by atoms with Crippen LogP contribution < -0.4 is 0 Å². The third-order valence-corrected chi connectivity index (χ3v) is 5.99. The van der Waals surface area contributed by atoms with Crippen LogP contribution in [0.4, 0.5) is 5.69 Å². The molecule has 130 valence electrons. The molecule has 2 heteroatoms. The van der Waals surface area contributed by atoms with E-state index in [2.05, 4.69) is 84.9 Å². The van der Waals surface area contributed by atoms with Crippen LogP contribution in [0.2, 0.25) is 0 Å². The predicted octanol–water partition coefficient (Wildman–Crippen LogP) is 6.05. The zero-order valence-corrected chi connectivity index (χ0v) is 14.9. The summed E-state index contributed by atoms with van der Waals surface area (Å²) < 4.78 is 6.50. The van der Waals surface area contributed by atoms with Gasteiger partial charge >= 0.3 is 0 Å². The lowest BCUT2D eigenvalue weighted by Crippen LogP contribution is -2.19. The Balaban J connectivity index is 1.58. The molecule has 2 nitrogen and oxygen atoms in total. The van der Waals surface area contributed by atoms with Crippen molar-refractivity contribution in [3.63, 3.8) is 0 Å². The third kappa shape index (κ3) is 2.27. The molecule has 3 aromatic carbocycles. The Hall–Kier alpha value is -2.97. The first-order valence-electron chi connectivity index (χ1n) is 9.56. The van der Waals surface area contributed by atoms with Crippen LogP contribution in [0.1, 0.15) is 46.8 Å². The summed E-state index contributed by atoms with van der Waals surface area (Å²) >= 11 is 0. The molecular formula is C25H19NO. The van der Waals surface area contributed by atoms with Crippen molar-refractivity contribution in [3.05, 3.63) is 113 Å². The zero-order chi connectivity index (χ0) is 17.8. The molecule has 0 aromatic heterocycles. The van der Waals surface area contributed by atoms with E-state index in [1.165, 1.54) is 22.3 Å². The Morgan fingerprint density at radius 2 is 1.44 bits per heavy atom. The average molecular weight is 349 g/mol. The highest BCUT2D eigenvalue weighted by molar-refractivity contribution is 6.11. The minimum absolute atomic E-state index is 0.0812. The fourth-order valence-corrected chi connectivity index (χ4v) is 4.80. The molecule has 0 radical (unpaired) electrons. The van der Waals surface area contributed by atoms with Crippen LogP contribution in [0.25, 0.3) is 0 Å². The quantitative estimate of drug-likeness (QED) is 0.524. The number of hydrogen-bond donors (Lipinski definition) is 0. The predicted molar refractivity (Wildman–Crippen MR) is 108 cm³/mol. The van der Waals surface area contributed by atoms with Gasteiger partial charge in [0.25, 0.3) is 0 Å². The van der Waals surface area contributed by atoms with E-state index in [1.54, 1.807) is 0 Å². The van der Waals surface area contributed by atoms with Gasteiger partial charge in [0.1, 0.15) is 0 Å². The van der Waals surface area contributed by atoms with E-state index in [9.17, 15) is 0 Å². The maximum absolute atomic E-state index is 6.50. The van der Waals surface area contributed by atoms with E-state index in [1.807, 2.05) is 0 Å². The average Bonchev–Trinajstić information content (AvgIpc) is 2.91. The normalized spacial score (nSPS) is 24.8. The largest absolute Gasteiger partial charge is 0.364 e. The van der Waals surface area contributed by atoms with Crippen LogP contribution in [0, 0.1) is 0 Å². The second-order valence-corrected chi connectivity index (χ2v) is 7.50. The maximum atomic E-state index is 6.50. The molecule has 27 heavy (non-hydrogen) atoms. The standard InChI is InChI=1S/C25H19NO/c1-2-8-16(9-3-1)22-14-17-15-23-18-10-4-5-11-19(18)25(27-23)24(17)20-12-6-7-13-21(20)26-22/h1-14,23-25H,15H2/t23-,24-,25-/m1/s1. The molecule has 0 spiro atoms. The van der Waals surface area contributed by atoms with E-state index in [4.69, 9.17) is 9.73 Å². The van der Waals surface area contributed by atoms with Gasteiger partial charge in [-0.25, -0.2) is 4.99 Å². The number of aliphatic imine (C=N–C) groups is 1. The molecule has 1 fully saturated rings. The number of benzene rings is 3. The fourth-order valence-electron chi connectivity index (χ4n) is 4.80. The molecule has 0 amide bonds. The van der Waals surface area contributed by atoms with Crippen molar-refractivity contribution in [1.29, 1.82) is 0 Å². The van der Waals surface area contributed by atoms with Crippen LogP contribution in [0.5, 0.6) is 0 Å². The van der Waals surface area contributed by atoms with Crippen molar-refractivity contribution < 1.29 is 4.74 Å². The Labute approximate surface area is 158 Å². The van der Waals surface area contributed by atoms with E-state index in [-0.39, 0.29) is 18.1 Å². The first kappa shape index (κ1) is 15.1. The third-order valence-electron chi connectivity index (χ3n) is 5.99. The van der Waals surface area contributed by atoms with Gasteiger partial charge in [-0.05, 0) is 35.3 Å². The van der Waals surface area contributed by atoms with Crippen molar-refractivity contribution >= 4 is 11.4 Å². The Morgan fingerprint density at radius 3 is 2.30 bits per heavy atom. The first-order chi connectivity index (χ1) is 13.4. The van der Waals surface area contributed by atoms with Crippen LogP contribution in [0.3, 0.4) is 0 Å². The van der Waals surface area contributed by atoms with Gasteiger partial charge in [-0.15, -0.1) is 0 Å². The van der Waals surface area contributed by atoms with Crippen LogP contribution in [-0.4, -0.2) is 5.71 Å². The molecule has 0 saturated carbocycles. The second kappa shape index (κ2) is 5.77. The van der Waals surface area contributed by atoms with Gasteiger partial charge in [-0.1, -0.05) is 78.4 Å². The lowest BCUT2D eigenvalue weighted by molar-refractivity contribution is -0.0203. The molecule has 1 saturated heterocycles. The molecule has 0 aliphatic carbocycles. The molecular weight excluding hydrogens is 330 g/mol. The van der Waals surface area contributed by atoms with Crippen LogP contribution in [-0.2, 0) is 4.74 Å². The molecule has 3 heterocycles. The number of nitrogens with zero attached hydrogens (tertiary/aromatic N) is 1. The fraction of sp³-hybridized carbons (Fsp3) is 0.160. The van der Waals surface area contributed by atoms with Crippen molar-refractivity contribution in [1.82, 2.24) is 0 Å². The summed E-state index contributed by atoms with van der Waals surface area (Å²) in [4.78, 5) is 5.06. The Bertz CT molecular complexity index is 1100. The molecule has 0 unspecified atom stereocenters. The molecule has 3 aliphatic heterocycles. The van der Waals surface area contributed by atoms with E-state index in [0.717, 1.165) is 23.4 Å². The van der Waals surface area contributed by atoms with E-state index >= 15 is 0 Å². The summed E-state index contributed by atoms with van der Waals surface area (Å²) in [6.07, 6.45) is 3.49.